The maximum atomic E-state index is 11.0. The van der Waals surface area contributed by atoms with E-state index in [1.165, 1.54) is 12.1 Å². The van der Waals surface area contributed by atoms with E-state index in [4.69, 9.17) is 45.6 Å². The fourth-order valence-electron chi connectivity index (χ4n) is 1.53. The van der Waals surface area contributed by atoms with Gasteiger partial charge in [0.1, 0.15) is 0 Å². The van der Waals surface area contributed by atoms with E-state index in [1.54, 1.807) is 12.1 Å². The number of aromatic carboxylic acids is 1. The van der Waals surface area contributed by atoms with Gasteiger partial charge < -0.3 is 10.8 Å². The number of nitrogens with zero attached hydrogens (tertiary/aromatic N) is 1. The molecule has 19 heavy (non-hydrogen) atoms. The van der Waals surface area contributed by atoms with Gasteiger partial charge in [0.15, 0.2) is 5.69 Å². The van der Waals surface area contributed by atoms with E-state index >= 15 is 0 Å². The summed E-state index contributed by atoms with van der Waals surface area (Å²) in [5.74, 6) is -1.22. The molecule has 0 aliphatic rings. The zero-order valence-electron chi connectivity index (χ0n) is 9.32. The van der Waals surface area contributed by atoms with Gasteiger partial charge in [-0.2, -0.15) is 0 Å². The number of anilines is 1. The average Bonchev–Trinajstić information content (AvgIpc) is 2.34. The fraction of sp³-hybridized carbons (Fsp3) is 0. The summed E-state index contributed by atoms with van der Waals surface area (Å²) in [6.45, 7) is 0. The molecule has 3 N–H and O–H groups in total. The Kier molecular flexibility index (Phi) is 3.85. The highest BCUT2D eigenvalue weighted by Gasteiger charge is 2.15. The molecule has 1 aromatic carbocycles. The monoisotopic (exact) mass is 316 g/mol. The number of pyridine rings is 1. The fourth-order valence-corrected chi connectivity index (χ4v) is 2.23. The number of benzene rings is 1. The molecule has 1 heterocycles. The molecule has 0 spiro atoms. The molecule has 0 saturated heterocycles. The highest BCUT2D eigenvalue weighted by molar-refractivity contribution is 6.45. The van der Waals surface area contributed by atoms with Gasteiger partial charge in [-0.1, -0.05) is 34.8 Å². The van der Waals surface area contributed by atoms with Crippen molar-refractivity contribution in [3.8, 4) is 11.3 Å². The van der Waals surface area contributed by atoms with E-state index < -0.39 is 5.97 Å². The first kappa shape index (κ1) is 13.9. The summed E-state index contributed by atoms with van der Waals surface area (Å²) in [6.07, 6.45) is 0. The summed E-state index contributed by atoms with van der Waals surface area (Å²) in [6, 6.07) is 6.04. The first-order valence-electron chi connectivity index (χ1n) is 5.05. The molecule has 7 heteroatoms. The lowest BCUT2D eigenvalue weighted by Gasteiger charge is -2.08. The van der Waals surface area contributed by atoms with Gasteiger partial charge in [0.25, 0.3) is 0 Å². The Hall–Kier alpha value is -1.49. The summed E-state index contributed by atoms with van der Waals surface area (Å²) in [7, 11) is 0. The SMILES string of the molecule is Nc1ccc(-c2cc(Cl)cc(Cl)c2Cl)nc1C(=O)O. The predicted octanol–water partition coefficient (Wildman–Crippen LogP) is 3.99. The smallest absolute Gasteiger partial charge is 0.356 e. The molecule has 0 atom stereocenters. The Morgan fingerprint density at radius 3 is 2.53 bits per heavy atom. The molecule has 0 saturated carbocycles. The van der Waals surface area contributed by atoms with Crippen molar-refractivity contribution in [2.24, 2.45) is 0 Å². The number of carboxylic acid groups (broad SMARTS) is 1. The minimum atomic E-state index is -1.22. The van der Waals surface area contributed by atoms with Crippen LogP contribution in [0.3, 0.4) is 0 Å². The number of carbonyl (C=O) groups is 1. The van der Waals surface area contributed by atoms with Gasteiger partial charge >= 0.3 is 5.97 Å². The molecule has 0 unspecified atom stereocenters. The van der Waals surface area contributed by atoms with Crippen molar-refractivity contribution in [1.29, 1.82) is 0 Å². The molecular formula is C12H7Cl3N2O2. The molecule has 1 aromatic heterocycles. The maximum absolute atomic E-state index is 11.0. The standard InChI is InChI=1S/C12H7Cl3N2O2/c13-5-3-6(10(15)7(14)4-5)9-2-1-8(16)11(17-9)12(18)19/h1-4H,16H2,(H,18,19). The summed E-state index contributed by atoms with van der Waals surface area (Å²) >= 11 is 17.9. The van der Waals surface area contributed by atoms with Crippen LogP contribution in [0.1, 0.15) is 10.5 Å². The van der Waals surface area contributed by atoms with E-state index in [0.29, 0.717) is 16.3 Å². The molecule has 0 bridgehead atoms. The molecule has 0 fully saturated rings. The van der Waals surface area contributed by atoms with Crippen LogP contribution in [0.4, 0.5) is 5.69 Å². The Labute approximate surface area is 123 Å². The molecule has 4 nitrogen and oxygen atoms in total. The van der Waals surface area contributed by atoms with Crippen molar-refractivity contribution in [1.82, 2.24) is 4.98 Å². The van der Waals surface area contributed by atoms with Crippen LogP contribution in [0.5, 0.6) is 0 Å². The Morgan fingerprint density at radius 1 is 1.21 bits per heavy atom. The molecule has 0 radical (unpaired) electrons. The summed E-state index contributed by atoms with van der Waals surface area (Å²) in [5, 5.41) is 9.88. The first-order valence-corrected chi connectivity index (χ1v) is 6.18. The molecule has 2 rings (SSSR count). The molecule has 98 valence electrons. The minimum Gasteiger partial charge on any atom is -0.476 e. The second-order valence-corrected chi connectivity index (χ2v) is 4.91. The number of hydrogen-bond acceptors (Lipinski definition) is 3. The van der Waals surface area contributed by atoms with E-state index in [9.17, 15) is 4.79 Å². The van der Waals surface area contributed by atoms with Crippen molar-refractivity contribution in [2.75, 3.05) is 5.73 Å². The normalized spacial score (nSPS) is 10.5. The van der Waals surface area contributed by atoms with Gasteiger partial charge in [-0.3, -0.25) is 0 Å². The van der Waals surface area contributed by atoms with Crippen molar-refractivity contribution in [3.05, 3.63) is 45.0 Å². The third kappa shape index (κ3) is 2.76. The van der Waals surface area contributed by atoms with Gasteiger partial charge in [0.2, 0.25) is 0 Å². The van der Waals surface area contributed by atoms with Crippen LogP contribution < -0.4 is 5.73 Å². The van der Waals surface area contributed by atoms with Crippen molar-refractivity contribution >= 4 is 46.5 Å². The van der Waals surface area contributed by atoms with Crippen molar-refractivity contribution in [3.63, 3.8) is 0 Å². The first-order chi connectivity index (χ1) is 8.90. The van der Waals surface area contributed by atoms with Crippen LogP contribution in [0.2, 0.25) is 15.1 Å². The van der Waals surface area contributed by atoms with Gasteiger partial charge in [0.05, 0.1) is 21.4 Å². The number of halogens is 3. The number of carboxylic acids is 1. The topological polar surface area (TPSA) is 76.2 Å². The number of hydrogen-bond donors (Lipinski definition) is 2. The van der Waals surface area contributed by atoms with Gasteiger partial charge in [-0.25, -0.2) is 9.78 Å². The van der Waals surface area contributed by atoms with Crippen LogP contribution >= 0.6 is 34.8 Å². The summed E-state index contributed by atoms with van der Waals surface area (Å²) in [4.78, 5) is 15.0. The van der Waals surface area contributed by atoms with Crippen LogP contribution in [0.25, 0.3) is 11.3 Å². The maximum Gasteiger partial charge on any atom is 0.356 e. The van der Waals surface area contributed by atoms with E-state index in [-0.39, 0.29) is 21.4 Å². The zero-order valence-corrected chi connectivity index (χ0v) is 11.6. The quantitative estimate of drug-likeness (QED) is 0.821. The molecular weight excluding hydrogens is 311 g/mol. The third-order valence-corrected chi connectivity index (χ3v) is 3.42. The molecule has 0 aliphatic carbocycles. The van der Waals surface area contributed by atoms with E-state index in [1.807, 2.05) is 0 Å². The summed E-state index contributed by atoms with van der Waals surface area (Å²) in [5.41, 5.74) is 6.14. The van der Waals surface area contributed by atoms with Crippen LogP contribution in [0, 0.1) is 0 Å². The minimum absolute atomic E-state index is 0.0699. The van der Waals surface area contributed by atoms with E-state index in [0.717, 1.165) is 0 Å². The zero-order chi connectivity index (χ0) is 14.2. The lowest BCUT2D eigenvalue weighted by atomic mass is 10.1. The number of aromatic nitrogens is 1. The Morgan fingerprint density at radius 2 is 1.89 bits per heavy atom. The lowest BCUT2D eigenvalue weighted by molar-refractivity contribution is 0.0692. The highest BCUT2D eigenvalue weighted by atomic mass is 35.5. The van der Waals surface area contributed by atoms with E-state index in [2.05, 4.69) is 4.98 Å². The van der Waals surface area contributed by atoms with Crippen molar-refractivity contribution < 1.29 is 9.90 Å². The number of rotatable bonds is 2. The molecule has 2 aromatic rings. The van der Waals surface area contributed by atoms with Crippen molar-refractivity contribution in [2.45, 2.75) is 0 Å². The Bertz CT molecular complexity index is 674. The van der Waals surface area contributed by atoms with Crippen LogP contribution in [-0.2, 0) is 0 Å². The van der Waals surface area contributed by atoms with Gasteiger partial charge in [0, 0.05) is 10.6 Å². The predicted molar refractivity (Wildman–Crippen MR) is 76.1 cm³/mol. The second kappa shape index (κ2) is 5.25. The lowest BCUT2D eigenvalue weighted by Crippen LogP contribution is -2.06. The second-order valence-electron chi connectivity index (χ2n) is 3.69. The Balaban J connectivity index is 2.66. The third-order valence-electron chi connectivity index (χ3n) is 2.40. The molecule has 0 aliphatic heterocycles. The highest BCUT2D eigenvalue weighted by Crippen LogP contribution is 2.36. The van der Waals surface area contributed by atoms with Crippen LogP contribution in [-0.4, -0.2) is 16.1 Å². The largest absolute Gasteiger partial charge is 0.476 e. The molecule has 0 amide bonds. The number of nitrogens with two attached hydrogens (primary N) is 1. The average molecular weight is 318 g/mol. The van der Waals surface area contributed by atoms with Gasteiger partial charge in [-0.15, -0.1) is 0 Å². The summed E-state index contributed by atoms with van der Waals surface area (Å²) < 4.78 is 0. The number of nitrogen functional groups attached to an aromatic ring is 1. The van der Waals surface area contributed by atoms with Gasteiger partial charge in [-0.05, 0) is 24.3 Å². The van der Waals surface area contributed by atoms with Crippen LogP contribution in [0.15, 0.2) is 24.3 Å².